The normalized spacial score (nSPS) is 16.7. The number of hydrogen-bond donors (Lipinski definition) is 1. The number of aryl methyl sites for hydroxylation is 2. The molecule has 2 amide bonds. The zero-order valence-electron chi connectivity index (χ0n) is 32.4. The van der Waals surface area contributed by atoms with Crippen molar-refractivity contribution in [1.29, 1.82) is 0 Å². The van der Waals surface area contributed by atoms with Crippen molar-refractivity contribution in [3.05, 3.63) is 127 Å². The smallest absolute Gasteiger partial charge is 0.255 e. The summed E-state index contributed by atoms with van der Waals surface area (Å²) in [4.78, 5) is 51.8. The van der Waals surface area contributed by atoms with Gasteiger partial charge < -0.3 is 15.0 Å². The number of halogens is 1. The summed E-state index contributed by atoms with van der Waals surface area (Å²) in [5.41, 5.74) is 8.65. The zero-order chi connectivity index (χ0) is 39.8. The van der Waals surface area contributed by atoms with Crippen LogP contribution in [0.3, 0.4) is 0 Å². The number of aromatic nitrogens is 4. The Morgan fingerprint density at radius 1 is 1.09 bits per heavy atom. The number of benzene rings is 2. The van der Waals surface area contributed by atoms with Crippen molar-refractivity contribution in [2.24, 2.45) is 10.9 Å². The molecular weight excluding hydrogens is 756 g/mol. The van der Waals surface area contributed by atoms with Crippen molar-refractivity contribution < 1.29 is 14.4 Å². The van der Waals surface area contributed by atoms with Gasteiger partial charge in [0.25, 0.3) is 5.91 Å². The molecule has 1 unspecified atom stereocenters. The number of amides is 2. The third-order valence-corrected chi connectivity index (χ3v) is 12.6. The van der Waals surface area contributed by atoms with E-state index in [1.807, 2.05) is 62.5 Å². The number of likely N-dealkylation sites (tertiary alicyclic amines) is 1. The molecular formula is C44H43ClN8O3S. The highest BCUT2D eigenvalue weighted by molar-refractivity contribution is 7.15. The van der Waals surface area contributed by atoms with Gasteiger partial charge in [0, 0.05) is 67.6 Å². The lowest BCUT2D eigenvalue weighted by atomic mass is 9.90. The van der Waals surface area contributed by atoms with E-state index in [4.69, 9.17) is 21.6 Å². The molecule has 13 heteroatoms. The number of carbonyl (C=O) groups excluding carboxylic acids is 3. The number of likely N-dealkylation sites (N-methyl/N-ethyl adjacent to an activating group) is 1. The second kappa shape index (κ2) is 16.2. The summed E-state index contributed by atoms with van der Waals surface area (Å²) in [7, 11) is 1.56. The first-order valence-corrected chi connectivity index (χ1v) is 20.5. The van der Waals surface area contributed by atoms with E-state index in [-0.39, 0.29) is 24.3 Å². The maximum absolute atomic E-state index is 13.3. The first kappa shape index (κ1) is 38.4. The van der Waals surface area contributed by atoms with Gasteiger partial charge in [0.15, 0.2) is 5.82 Å². The van der Waals surface area contributed by atoms with E-state index in [2.05, 4.69) is 55.9 Å². The Bertz CT molecular complexity index is 2460. The molecule has 1 saturated heterocycles. The number of carbonyl (C=O) groups is 3. The number of rotatable bonds is 11. The van der Waals surface area contributed by atoms with Gasteiger partial charge in [-0.3, -0.25) is 24.0 Å². The third-order valence-electron chi connectivity index (χ3n) is 11.2. The largest absolute Gasteiger partial charge is 0.357 e. The molecule has 3 aliphatic rings. The van der Waals surface area contributed by atoms with Crippen LogP contribution >= 0.6 is 22.9 Å². The topological polar surface area (TPSA) is 126 Å². The fourth-order valence-corrected chi connectivity index (χ4v) is 9.49. The van der Waals surface area contributed by atoms with Crippen LogP contribution in [0.15, 0.2) is 65.8 Å². The highest BCUT2D eigenvalue weighted by Crippen LogP contribution is 2.39. The summed E-state index contributed by atoms with van der Waals surface area (Å²) in [6.07, 6.45) is 5.15. The van der Waals surface area contributed by atoms with Crippen LogP contribution in [-0.4, -0.2) is 79.5 Å². The lowest BCUT2D eigenvalue weighted by Crippen LogP contribution is -2.46. The minimum absolute atomic E-state index is 0.141. The number of pyridine rings is 1. The van der Waals surface area contributed by atoms with Crippen LogP contribution in [0.25, 0.3) is 5.00 Å². The molecule has 1 fully saturated rings. The predicted octanol–water partition coefficient (Wildman–Crippen LogP) is 6.42. The molecule has 3 aromatic heterocycles. The minimum atomic E-state index is -0.660. The van der Waals surface area contributed by atoms with Crippen molar-refractivity contribution in [2.45, 2.75) is 71.6 Å². The Kier molecular flexibility index (Phi) is 10.9. The Labute approximate surface area is 341 Å². The van der Waals surface area contributed by atoms with Gasteiger partial charge >= 0.3 is 0 Å². The molecule has 57 heavy (non-hydrogen) atoms. The molecule has 3 aliphatic heterocycles. The van der Waals surface area contributed by atoms with Gasteiger partial charge in [-0.15, -0.1) is 21.5 Å². The van der Waals surface area contributed by atoms with E-state index >= 15 is 0 Å². The second-order valence-electron chi connectivity index (χ2n) is 15.0. The predicted molar refractivity (Wildman–Crippen MR) is 221 cm³/mol. The summed E-state index contributed by atoms with van der Waals surface area (Å²) in [6.45, 7) is 9.33. The fraction of sp³-hybridized carbons (Fsp3) is 0.341. The van der Waals surface area contributed by atoms with Crippen molar-refractivity contribution in [2.75, 3.05) is 20.1 Å². The molecule has 5 aromatic rings. The lowest BCUT2D eigenvalue weighted by Gasteiger charge is -2.39. The van der Waals surface area contributed by atoms with Crippen LogP contribution in [0.2, 0.25) is 5.02 Å². The summed E-state index contributed by atoms with van der Waals surface area (Å²) in [5.74, 6) is 8.51. The number of thiophene rings is 1. The van der Waals surface area contributed by atoms with Crippen LogP contribution in [0.4, 0.5) is 0 Å². The molecule has 0 radical (unpaired) electrons. The van der Waals surface area contributed by atoms with Gasteiger partial charge in [-0.2, -0.15) is 0 Å². The van der Waals surface area contributed by atoms with Crippen molar-refractivity contribution in [3.8, 4) is 16.8 Å². The molecule has 2 aromatic carbocycles. The molecule has 0 bridgehead atoms. The van der Waals surface area contributed by atoms with Gasteiger partial charge in [0.05, 0.1) is 10.6 Å². The molecule has 0 aliphatic carbocycles. The number of fused-ring (bicyclic) bond motifs is 4. The standard InChI is InChI=1S/C44H43ClN8O3S/c1-26-38(57-44-39(26)40(32-13-15-33(45)16-14-32)48-27(2)41-50-49-28(3)53(41)44)19-18-34-17-11-29(21-47-34)22-51-23-30(24-51)10-12-31-7-5-8-35-36(31)25-52(43(35)56)37(9-6-20-54)42(55)46-4/h5,7-8,11,13-17,20-21,27,30,37H,6,9-10,12,22-25H2,1-4H3,(H,46,55)/t27-,37?/m0/s1. The van der Waals surface area contributed by atoms with E-state index in [1.54, 1.807) is 23.3 Å². The third kappa shape index (κ3) is 7.55. The van der Waals surface area contributed by atoms with E-state index in [9.17, 15) is 14.4 Å². The van der Waals surface area contributed by atoms with Crippen LogP contribution in [-0.2, 0) is 29.1 Å². The SMILES string of the molecule is CNC(=O)C(CCC=O)N1Cc2c(CCC3CN(Cc4ccc(C#Cc5sc6c(c5C)C(c5ccc(Cl)cc5)=N[C@@H](C)c5nnc(C)n5-6)nc4)C3)cccc2C1=O. The summed E-state index contributed by atoms with van der Waals surface area (Å²) < 4.78 is 2.11. The highest BCUT2D eigenvalue weighted by atomic mass is 35.5. The molecule has 0 saturated carbocycles. The molecule has 1 N–H and O–H groups in total. The number of hydrogen-bond acceptors (Lipinski definition) is 9. The van der Waals surface area contributed by atoms with Crippen LogP contribution in [0.1, 0.15) is 98.2 Å². The van der Waals surface area contributed by atoms with Gasteiger partial charge in [-0.1, -0.05) is 41.9 Å². The van der Waals surface area contributed by atoms with Crippen LogP contribution in [0, 0.1) is 31.6 Å². The first-order chi connectivity index (χ1) is 27.6. The Morgan fingerprint density at radius 3 is 2.63 bits per heavy atom. The molecule has 2 atom stereocenters. The quantitative estimate of drug-likeness (QED) is 0.121. The molecule has 11 nitrogen and oxygen atoms in total. The molecule has 8 rings (SSSR count). The number of nitrogens with zero attached hydrogens (tertiary/aromatic N) is 7. The Hall–Kier alpha value is -5.48. The van der Waals surface area contributed by atoms with E-state index in [1.165, 1.54) is 0 Å². The average Bonchev–Trinajstić information content (AvgIpc) is 3.83. The van der Waals surface area contributed by atoms with E-state index in [0.717, 1.165) is 99.4 Å². The fourth-order valence-electron chi connectivity index (χ4n) is 8.14. The average molecular weight is 799 g/mol. The monoisotopic (exact) mass is 798 g/mol. The summed E-state index contributed by atoms with van der Waals surface area (Å²) in [5, 5.41) is 13.2. The van der Waals surface area contributed by atoms with Gasteiger partial charge in [-0.25, -0.2) is 4.98 Å². The first-order valence-electron chi connectivity index (χ1n) is 19.3. The Morgan fingerprint density at radius 2 is 1.89 bits per heavy atom. The van der Waals surface area contributed by atoms with E-state index < -0.39 is 6.04 Å². The summed E-state index contributed by atoms with van der Waals surface area (Å²) >= 11 is 7.86. The van der Waals surface area contributed by atoms with Crippen molar-refractivity contribution in [3.63, 3.8) is 0 Å². The molecule has 290 valence electrons. The number of aliphatic imine (C=N–C) groups is 1. The van der Waals surface area contributed by atoms with Gasteiger partial charge in [0.1, 0.15) is 34.9 Å². The number of aldehydes is 1. The van der Waals surface area contributed by atoms with Gasteiger partial charge in [0.2, 0.25) is 5.91 Å². The molecule has 0 spiro atoms. The lowest BCUT2D eigenvalue weighted by molar-refractivity contribution is -0.125. The maximum atomic E-state index is 13.3. The summed E-state index contributed by atoms with van der Waals surface area (Å²) in [6, 6.07) is 16.9. The number of nitrogens with one attached hydrogen (secondary N) is 1. The van der Waals surface area contributed by atoms with Crippen molar-refractivity contribution in [1.82, 2.24) is 34.9 Å². The molecule has 6 heterocycles. The second-order valence-corrected chi connectivity index (χ2v) is 16.4. The highest BCUT2D eigenvalue weighted by Gasteiger charge is 2.37. The zero-order valence-corrected chi connectivity index (χ0v) is 34.0. The van der Waals surface area contributed by atoms with Gasteiger partial charge in [-0.05, 0) is 104 Å². The van der Waals surface area contributed by atoms with Crippen molar-refractivity contribution >= 4 is 46.7 Å². The Balaban J connectivity index is 0.898. The van der Waals surface area contributed by atoms with E-state index in [0.29, 0.717) is 35.2 Å². The maximum Gasteiger partial charge on any atom is 0.255 e. The van der Waals surface area contributed by atoms with Crippen LogP contribution < -0.4 is 5.32 Å². The van der Waals surface area contributed by atoms with Crippen LogP contribution in [0.5, 0.6) is 0 Å². The minimum Gasteiger partial charge on any atom is -0.357 e.